The van der Waals surface area contributed by atoms with Crippen LogP contribution >= 0.6 is 0 Å². The number of nitrogens with one attached hydrogen (secondary N) is 1. The fraction of sp³-hybridized carbons (Fsp3) is 0.375. The molecule has 2 N–H and O–H groups in total. The van der Waals surface area contributed by atoms with E-state index in [2.05, 4.69) is 5.32 Å². The van der Waals surface area contributed by atoms with Crippen molar-refractivity contribution in [3.63, 3.8) is 0 Å². The highest BCUT2D eigenvalue weighted by Crippen LogP contribution is 2.13. The fourth-order valence-electron chi connectivity index (χ4n) is 2.16. The van der Waals surface area contributed by atoms with Crippen LogP contribution in [0.3, 0.4) is 0 Å². The van der Waals surface area contributed by atoms with Crippen LogP contribution in [0.1, 0.15) is 18.4 Å². The van der Waals surface area contributed by atoms with Crippen molar-refractivity contribution in [3.05, 3.63) is 42.0 Å². The number of carbonyl (C=O) groups is 2. The third kappa shape index (κ3) is 4.72. The molecule has 112 valence electrons. The van der Waals surface area contributed by atoms with Crippen LogP contribution in [0.2, 0.25) is 0 Å². The first-order valence-corrected chi connectivity index (χ1v) is 6.99. The van der Waals surface area contributed by atoms with Crippen molar-refractivity contribution >= 4 is 18.0 Å². The van der Waals surface area contributed by atoms with Crippen LogP contribution in [0.5, 0.6) is 0 Å². The highest BCUT2D eigenvalue weighted by Gasteiger charge is 2.27. The SMILES string of the molecule is O=C(N[C@H](C/C=C/c1ccccc1)C(=O)O)[C@H]1CCOC1. The fourth-order valence-corrected chi connectivity index (χ4v) is 2.16. The van der Waals surface area contributed by atoms with Crippen LogP contribution in [0, 0.1) is 5.92 Å². The third-order valence-corrected chi connectivity index (χ3v) is 3.40. The Morgan fingerprint density at radius 3 is 2.76 bits per heavy atom. The number of rotatable bonds is 6. The van der Waals surface area contributed by atoms with Gasteiger partial charge in [0.15, 0.2) is 0 Å². The molecule has 1 amide bonds. The third-order valence-electron chi connectivity index (χ3n) is 3.40. The van der Waals surface area contributed by atoms with Gasteiger partial charge in [-0.25, -0.2) is 4.79 Å². The van der Waals surface area contributed by atoms with Crippen LogP contribution in [-0.4, -0.2) is 36.2 Å². The van der Waals surface area contributed by atoms with E-state index in [1.54, 1.807) is 6.08 Å². The standard InChI is InChI=1S/C16H19NO4/c18-15(13-9-10-21-11-13)17-14(16(19)20)8-4-7-12-5-2-1-3-6-12/h1-7,13-14H,8-11H2,(H,17,18)(H,19,20)/b7-4+/t13-,14+/m0/s1. The largest absolute Gasteiger partial charge is 0.480 e. The Bertz CT molecular complexity index is 506. The summed E-state index contributed by atoms with van der Waals surface area (Å²) in [5.41, 5.74) is 0.997. The van der Waals surface area contributed by atoms with Gasteiger partial charge in [0.25, 0.3) is 0 Å². The van der Waals surface area contributed by atoms with Gasteiger partial charge >= 0.3 is 5.97 Å². The Morgan fingerprint density at radius 2 is 2.14 bits per heavy atom. The average Bonchev–Trinajstić information content (AvgIpc) is 3.01. The summed E-state index contributed by atoms with van der Waals surface area (Å²) >= 11 is 0. The van der Waals surface area contributed by atoms with Gasteiger partial charge in [-0.05, 0) is 18.4 Å². The first kappa shape index (κ1) is 15.3. The van der Waals surface area contributed by atoms with Crippen molar-refractivity contribution in [1.82, 2.24) is 5.32 Å². The quantitative estimate of drug-likeness (QED) is 0.835. The zero-order chi connectivity index (χ0) is 15.1. The van der Waals surface area contributed by atoms with Gasteiger partial charge in [0, 0.05) is 6.61 Å². The van der Waals surface area contributed by atoms with Gasteiger partial charge in [-0.3, -0.25) is 4.79 Å². The molecule has 1 heterocycles. The van der Waals surface area contributed by atoms with Crippen molar-refractivity contribution in [1.29, 1.82) is 0 Å². The second-order valence-electron chi connectivity index (χ2n) is 5.01. The molecule has 5 heteroatoms. The topological polar surface area (TPSA) is 75.6 Å². The zero-order valence-electron chi connectivity index (χ0n) is 11.7. The molecule has 0 aromatic heterocycles. The normalized spacial score (nSPS) is 19.5. The van der Waals surface area contributed by atoms with Gasteiger partial charge in [0.05, 0.1) is 12.5 Å². The van der Waals surface area contributed by atoms with Gasteiger partial charge in [-0.2, -0.15) is 0 Å². The Balaban J connectivity index is 1.88. The van der Waals surface area contributed by atoms with Crippen molar-refractivity contribution in [2.75, 3.05) is 13.2 Å². The number of carboxylic acids is 1. The summed E-state index contributed by atoms with van der Waals surface area (Å²) in [6.45, 7) is 0.932. The Hall–Kier alpha value is -2.14. The molecule has 2 atom stereocenters. The van der Waals surface area contributed by atoms with E-state index in [9.17, 15) is 14.7 Å². The van der Waals surface area contributed by atoms with Gasteiger partial charge in [0.1, 0.15) is 6.04 Å². The van der Waals surface area contributed by atoms with E-state index in [-0.39, 0.29) is 18.2 Å². The maximum atomic E-state index is 11.9. The van der Waals surface area contributed by atoms with Crippen LogP contribution < -0.4 is 5.32 Å². The molecule has 1 aliphatic heterocycles. The van der Waals surface area contributed by atoms with Crippen LogP contribution in [0.4, 0.5) is 0 Å². The van der Waals surface area contributed by atoms with Gasteiger partial charge in [-0.15, -0.1) is 0 Å². The molecule has 1 aromatic rings. The summed E-state index contributed by atoms with van der Waals surface area (Å²) in [5.74, 6) is -1.50. The summed E-state index contributed by atoms with van der Waals surface area (Å²) in [4.78, 5) is 23.1. The number of ether oxygens (including phenoxy) is 1. The highest BCUT2D eigenvalue weighted by molar-refractivity contribution is 5.85. The minimum Gasteiger partial charge on any atom is -0.480 e. The van der Waals surface area contributed by atoms with E-state index in [0.717, 1.165) is 5.56 Å². The predicted molar refractivity (Wildman–Crippen MR) is 78.6 cm³/mol. The number of hydrogen-bond acceptors (Lipinski definition) is 3. The number of amides is 1. The van der Waals surface area contributed by atoms with E-state index in [1.807, 2.05) is 36.4 Å². The monoisotopic (exact) mass is 289 g/mol. The summed E-state index contributed by atoms with van der Waals surface area (Å²) < 4.78 is 5.14. The number of hydrogen-bond donors (Lipinski definition) is 2. The van der Waals surface area contributed by atoms with Crippen molar-refractivity contribution in [2.45, 2.75) is 18.9 Å². The maximum Gasteiger partial charge on any atom is 0.326 e. The molecule has 1 fully saturated rings. The maximum absolute atomic E-state index is 11.9. The number of carboxylic acid groups (broad SMARTS) is 1. The molecular weight excluding hydrogens is 270 g/mol. The van der Waals surface area contributed by atoms with Crippen molar-refractivity contribution < 1.29 is 19.4 Å². The Kier molecular flexibility index (Phi) is 5.51. The molecule has 1 aromatic carbocycles. The molecule has 1 aliphatic rings. The minimum absolute atomic E-state index is 0.232. The van der Waals surface area contributed by atoms with E-state index >= 15 is 0 Å². The second kappa shape index (κ2) is 7.59. The van der Waals surface area contributed by atoms with Crippen LogP contribution in [-0.2, 0) is 14.3 Å². The summed E-state index contributed by atoms with van der Waals surface area (Å²) in [6, 6.07) is 8.70. The lowest BCUT2D eigenvalue weighted by Gasteiger charge is -2.15. The lowest BCUT2D eigenvalue weighted by Crippen LogP contribution is -2.43. The molecule has 21 heavy (non-hydrogen) atoms. The smallest absolute Gasteiger partial charge is 0.326 e. The molecule has 0 saturated carbocycles. The van der Waals surface area contributed by atoms with Gasteiger partial charge in [-0.1, -0.05) is 42.5 Å². The van der Waals surface area contributed by atoms with E-state index < -0.39 is 12.0 Å². The van der Waals surface area contributed by atoms with Crippen molar-refractivity contribution in [2.24, 2.45) is 5.92 Å². The minimum atomic E-state index is -1.03. The summed E-state index contributed by atoms with van der Waals surface area (Å²) in [5, 5.41) is 11.8. The van der Waals surface area contributed by atoms with Crippen LogP contribution in [0.15, 0.2) is 36.4 Å². The highest BCUT2D eigenvalue weighted by atomic mass is 16.5. The lowest BCUT2D eigenvalue weighted by molar-refractivity contribution is -0.142. The number of aliphatic carboxylic acids is 1. The van der Waals surface area contributed by atoms with E-state index in [1.165, 1.54) is 0 Å². The first-order chi connectivity index (χ1) is 10.2. The number of carbonyl (C=O) groups excluding carboxylic acids is 1. The van der Waals surface area contributed by atoms with E-state index in [4.69, 9.17) is 4.74 Å². The molecule has 5 nitrogen and oxygen atoms in total. The molecule has 0 bridgehead atoms. The number of benzene rings is 1. The predicted octanol–water partition coefficient (Wildman–Crippen LogP) is 1.70. The molecule has 0 radical (unpaired) electrons. The van der Waals surface area contributed by atoms with E-state index in [0.29, 0.717) is 19.6 Å². The first-order valence-electron chi connectivity index (χ1n) is 6.99. The summed E-state index contributed by atoms with van der Waals surface area (Å²) in [7, 11) is 0. The van der Waals surface area contributed by atoms with Gasteiger partial charge in [0.2, 0.25) is 5.91 Å². The van der Waals surface area contributed by atoms with Crippen molar-refractivity contribution in [3.8, 4) is 0 Å². The average molecular weight is 289 g/mol. The van der Waals surface area contributed by atoms with Crippen LogP contribution in [0.25, 0.3) is 6.08 Å². The zero-order valence-corrected chi connectivity index (χ0v) is 11.7. The van der Waals surface area contributed by atoms with Gasteiger partial charge < -0.3 is 15.2 Å². The molecule has 0 unspecified atom stereocenters. The molecular formula is C16H19NO4. The molecule has 2 rings (SSSR count). The molecule has 0 aliphatic carbocycles. The Morgan fingerprint density at radius 1 is 1.38 bits per heavy atom. The lowest BCUT2D eigenvalue weighted by atomic mass is 10.1. The Labute approximate surface area is 123 Å². The summed E-state index contributed by atoms with van der Waals surface area (Å²) in [6.07, 6.45) is 4.52. The molecule has 1 saturated heterocycles. The second-order valence-corrected chi connectivity index (χ2v) is 5.01. The molecule has 0 spiro atoms.